The molecule has 1 heterocycles. The van der Waals surface area contributed by atoms with Crippen LogP contribution in [0.25, 0.3) is 0 Å². The Bertz CT molecular complexity index is 505. The lowest BCUT2D eigenvalue weighted by molar-refractivity contribution is -0.144. The summed E-state index contributed by atoms with van der Waals surface area (Å²) in [6.07, 6.45) is 5.11. The summed E-state index contributed by atoms with van der Waals surface area (Å²) in [5.74, 6) is 0.807. The van der Waals surface area contributed by atoms with Crippen LogP contribution in [0.1, 0.15) is 39.5 Å². The zero-order valence-electron chi connectivity index (χ0n) is 12.9. The Kier molecular flexibility index (Phi) is 5.58. The van der Waals surface area contributed by atoms with Crippen molar-refractivity contribution < 1.29 is 14.3 Å². The summed E-state index contributed by atoms with van der Waals surface area (Å²) in [6.45, 7) is 4.16. The third kappa shape index (κ3) is 4.30. The summed E-state index contributed by atoms with van der Waals surface area (Å²) >= 11 is 5.82. The molecule has 1 saturated carbocycles. The van der Waals surface area contributed by atoms with Crippen LogP contribution >= 0.6 is 11.6 Å². The number of ether oxygens (including phenoxy) is 2. The van der Waals surface area contributed by atoms with Gasteiger partial charge in [0, 0.05) is 12.1 Å². The largest absolute Gasteiger partial charge is 0.474 e. The van der Waals surface area contributed by atoms with Crippen LogP contribution in [0.3, 0.4) is 0 Å². The number of halogens is 1. The van der Waals surface area contributed by atoms with Crippen LogP contribution in [0, 0.1) is 5.92 Å². The molecule has 0 saturated heterocycles. The molecule has 1 unspecified atom stereocenters. The van der Waals surface area contributed by atoms with E-state index in [0.29, 0.717) is 23.4 Å². The first-order chi connectivity index (χ1) is 10.4. The van der Waals surface area contributed by atoms with Crippen LogP contribution in [0.15, 0.2) is 12.4 Å². The number of nitrogens with zero attached hydrogens (tertiary/aromatic N) is 2. The molecule has 0 spiro atoms. The highest BCUT2D eigenvalue weighted by Crippen LogP contribution is 2.33. The van der Waals surface area contributed by atoms with Gasteiger partial charge in [-0.2, -0.15) is 0 Å². The quantitative estimate of drug-likeness (QED) is 0.637. The van der Waals surface area contributed by atoms with Crippen molar-refractivity contribution in [1.82, 2.24) is 9.97 Å². The molecule has 2 rings (SSSR count). The van der Waals surface area contributed by atoms with Crippen molar-refractivity contribution in [3.05, 3.63) is 17.5 Å². The van der Waals surface area contributed by atoms with Crippen LogP contribution in [-0.2, 0) is 9.53 Å². The third-order valence-corrected chi connectivity index (χ3v) is 4.48. The van der Waals surface area contributed by atoms with Gasteiger partial charge in [0.15, 0.2) is 0 Å². The summed E-state index contributed by atoms with van der Waals surface area (Å²) in [5, 5.41) is 0.369. The number of hydrogen-bond acceptors (Lipinski definition) is 6. The monoisotopic (exact) mass is 327 g/mol. The smallest absolute Gasteiger partial charge is 0.293 e. The number of rotatable bonds is 6. The summed E-state index contributed by atoms with van der Waals surface area (Å²) < 4.78 is 10.9. The third-order valence-electron chi connectivity index (χ3n) is 4.28. The van der Waals surface area contributed by atoms with E-state index in [1.807, 2.05) is 13.8 Å². The second-order valence-electron chi connectivity index (χ2n) is 6.18. The number of hydrogen-bond donors (Lipinski definition) is 1. The van der Waals surface area contributed by atoms with Crippen molar-refractivity contribution >= 4 is 18.1 Å². The summed E-state index contributed by atoms with van der Waals surface area (Å²) in [5.41, 5.74) is 5.61. The first kappa shape index (κ1) is 17.0. The van der Waals surface area contributed by atoms with Crippen molar-refractivity contribution in [2.24, 2.45) is 11.7 Å². The van der Waals surface area contributed by atoms with Gasteiger partial charge in [-0.3, -0.25) is 4.79 Å². The topological polar surface area (TPSA) is 87.3 Å². The van der Waals surface area contributed by atoms with Crippen LogP contribution in [-0.4, -0.2) is 34.2 Å². The lowest BCUT2D eigenvalue weighted by Gasteiger charge is -2.38. The van der Waals surface area contributed by atoms with Crippen molar-refractivity contribution in [1.29, 1.82) is 0 Å². The summed E-state index contributed by atoms with van der Waals surface area (Å²) in [6, 6.07) is 1.42. The minimum Gasteiger partial charge on any atom is -0.474 e. The molecule has 22 heavy (non-hydrogen) atoms. The summed E-state index contributed by atoms with van der Waals surface area (Å²) in [7, 11) is 0. The van der Waals surface area contributed by atoms with Gasteiger partial charge in [0.2, 0.25) is 5.88 Å². The number of aromatic nitrogens is 2. The van der Waals surface area contributed by atoms with Crippen molar-refractivity contribution in [2.45, 2.75) is 57.3 Å². The van der Waals surface area contributed by atoms with E-state index in [1.165, 1.54) is 6.33 Å². The van der Waals surface area contributed by atoms with Gasteiger partial charge in [0.1, 0.15) is 23.2 Å². The van der Waals surface area contributed by atoms with E-state index < -0.39 is 5.60 Å². The molecule has 6 nitrogen and oxygen atoms in total. The molecular weight excluding hydrogens is 306 g/mol. The molecular formula is C15H22ClN3O3. The van der Waals surface area contributed by atoms with Gasteiger partial charge in [-0.1, -0.05) is 11.6 Å². The van der Waals surface area contributed by atoms with E-state index in [0.717, 1.165) is 25.7 Å². The normalized spacial score (nSPS) is 23.6. The molecule has 0 aromatic carbocycles. The zero-order chi connectivity index (χ0) is 16.2. The van der Waals surface area contributed by atoms with E-state index in [4.69, 9.17) is 26.8 Å². The van der Waals surface area contributed by atoms with Crippen LogP contribution in [0.4, 0.5) is 0 Å². The molecule has 0 bridgehead atoms. The van der Waals surface area contributed by atoms with Gasteiger partial charge >= 0.3 is 0 Å². The van der Waals surface area contributed by atoms with Crippen molar-refractivity contribution in [3.8, 4) is 5.88 Å². The second-order valence-corrected chi connectivity index (χ2v) is 6.56. The molecule has 1 aliphatic carbocycles. The Balaban J connectivity index is 1.86. The molecule has 122 valence electrons. The lowest BCUT2D eigenvalue weighted by atomic mass is 9.77. The maximum atomic E-state index is 10.6. The van der Waals surface area contributed by atoms with Crippen molar-refractivity contribution in [3.63, 3.8) is 0 Å². The molecule has 1 fully saturated rings. The number of carbonyl (C=O) groups is 1. The van der Waals surface area contributed by atoms with E-state index in [2.05, 4.69) is 9.97 Å². The highest BCUT2D eigenvalue weighted by Gasteiger charge is 2.36. The zero-order valence-corrected chi connectivity index (χ0v) is 13.6. The number of carbonyl (C=O) groups excluding carboxylic acids is 1. The van der Waals surface area contributed by atoms with Crippen LogP contribution in [0.2, 0.25) is 5.15 Å². The van der Waals surface area contributed by atoms with E-state index in [1.54, 1.807) is 6.07 Å². The fraction of sp³-hybridized carbons (Fsp3) is 0.667. The van der Waals surface area contributed by atoms with Gasteiger partial charge in [0.05, 0.1) is 0 Å². The average Bonchev–Trinajstić information content (AvgIpc) is 2.47. The molecule has 1 atom stereocenters. The minimum atomic E-state index is -0.652. The Labute approximate surface area is 135 Å². The predicted molar refractivity (Wildman–Crippen MR) is 82.6 cm³/mol. The molecule has 0 amide bonds. The van der Waals surface area contributed by atoms with E-state index >= 15 is 0 Å². The first-order valence-electron chi connectivity index (χ1n) is 7.43. The van der Waals surface area contributed by atoms with E-state index in [9.17, 15) is 4.79 Å². The van der Waals surface area contributed by atoms with Crippen LogP contribution < -0.4 is 10.5 Å². The van der Waals surface area contributed by atoms with Gasteiger partial charge in [-0.05, 0) is 45.4 Å². The second kappa shape index (κ2) is 7.24. The molecule has 1 aliphatic rings. The van der Waals surface area contributed by atoms with Gasteiger partial charge in [-0.25, -0.2) is 9.97 Å². The predicted octanol–water partition coefficient (Wildman–Crippen LogP) is 2.35. The minimum absolute atomic E-state index is 0.101. The Hall–Kier alpha value is -1.40. The lowest BCUT2D eigenvalue weighted by Crippen LogP contribution is -2.51. The average molecular weight is 328 g/mol. The molecule has 1 aromatic heterocycles. The Morgan fingerprint density at radius 2 is 2.05 bits per heavy atom. The molecule has 0 radical (unpaired) electrons. The van der Waals surface area contributed by atoms with E-state index in [-0.39, 0.29) is 12.1 Å². The highest BCUT2D eigenvalue weighted by molar-refractivity contribution is 6.29. The SMILES string of the molecule is CC(C)(OC=O)C(N)C1CCC(Oc2cc(Cl)ncn2)CC1. The Morgan fingerprint density at radius 3 is 2.64 bits per heavy atom. The maximum absolute atomic E-state index is 10.6. The van der Waals surface area contributed by atoms with Gasteiger partial charge in [0.25, 0.3) is 6.47 Å². The van der Waals surface area contributed by atoms with Gasteiger partial charge in [-0.15, -0.1) is 0 Å². The molecule has 1 aromatic rings. The highest BCUT2D eigenvalue weighted by atomic mass is 35.5. The van der Waals surface area contributed by atoms with Gasteiger partial charge < -0.3 is 15.2 Å². The molecule has 0 aliphatic heterocycles. The fourth-order valence-corrected chi connectivity index (χ4v) is 3.03. The first-order valence-corrected chi connectivity index (χ1v) is 7.81. The number of nitrogens with two attached hydrogens (primary N) is 1. The van der Waals surface area contributed by atoms with Crippen LogP contribution in [0.5, 0.6) is 5.88 Å². The maximum Gasteiger partial charge on any atom is 0.293 e. The fourth-order valence-electron chi connectivity index (χ4n) is 2.89. The Morgan fingerprint density at radius 1 is 1.36 bits per heavy atom. The standard InChI is InChI=1S/C15H22ClN3O3/c1-15(2,21-9-20)14(17)10-3-5-11(6-4-10)22-13-7-12(16)18-8-19-13/h7-11,14H,3-6,17H2,1-2H3. The van der Waals surface area contributed by atoms with Crippen molar-refractivity contribution in [2.75, 3.05) is 0 Å². The molecule has 2 N–H and O–H groups in total. The summed E-state index contributed by atoms with van der Waals surface area (Å²) in [4.78, 5) is 18.4. The molecule has 7 heteroatoms.